The van der Waals surface area contributed by atoms with Gasteiger partial charge in [-0.1, -0.05) is 6.92 Å². The van der Waals surface area contributed by atoms with Crippen LogP contribution in [0.1, 0.15) is 20.8 Å². The fourth-order valence-corrected chi connectivity index (χ4v) is 1.39. The average Bonchev–Trinajstić information content (AvgIpc) is 2.26. The number of carbonyl (C=O) groups excluding carboxylic acids is 2. The molecule has 0 aliphatic rings. The van der Waals surface area contributed by atoms with Gasteiger partial charge < -0.3 is 15.3 Å². The molecule has 2 N–H and O–H groups in total. The maximum Gasteiger partial charge on any atom is 0.318 e. The first kappa shape index (κ1) is 15.4. The third-order valence-corrected chi connectivity index (χ3v) is 2.66. The lowest BCUT2D eigenvalue weighted by Gasteiger charge is -2.27. The van der Waals surface area contributed by atoms with E-state index in [4.69, 9.17) is 5.11 Å². The lowest BCUT2D eigenvalue weighted by Crippen LogP contribution is -2.46. The number of carboxylic acids is 1. The molecule has 0 radical (unpaired) electrons. The number of carboxylic acid groups (broad SMARTS) is 1. The third-order valence-electron chi connectivity index (χ3n) is 2.66. The Labute approximate surface area is 101 Å². The largest absolute Gasteiger partial charge is 0.480 e. The number of hydrogen-bond acceptors (Lipinski definition) is 3. The summed E-state index contributed by atoms with van der Waals surface area (Å²) in [5.41, 5.74) is -1.48. The lowest BCUT2D eigenvalue weighted by atomic mass is 9.91. The lowest BCUT2D eigenvalue weighted by molar-refractivity contribution is -0.157. The molecule has 17 heavy (non-hydrogen) atoms. The van der Waals surface area contributed by atoms with Gasteiger partial charge in [-0.25, -0.2) is 0 Å². The molecule has 2 amide bonds. The van der Waals surface area contributed by atoms with Gasteiger partial charge in [-0.05, 0) is 13.8 Å². The molecule has 0 aliphatic heterocycles. The van der Waals surface area contributed by atoms with Crippen LogP contribution in [0.2, 0.25) is 0 Å². The van der Waals surface area contributed by atoms with E-state index in [0.717, 1.165) is 0 Å². The molecule has 1 unspecified atom stereocenters. The highest BCUT2D eigenvalue weighted by Crippen LogP contribution is 2.19. The normalized spacial score (nSPS) is 12.8. The van der Waals surface area contributed by atoms with Crippen LogP contribution in [0.3, 0.4) is 0 Å². The van der Waals surface area contributed by atoms with Crippen molar-refractivity contribution >= 4 is 17.8 Å². The Kier molecular flexibility index (Phi) is 5.12. The summed E-state index contributed by atoms with van der Waals surface area (Å²) in [5.74, 6) is -2.25. The molecule has 0 aliphatic carbocycles. The van der Waals surface area contributed by atoms with Crippen molar-refractivity contribution in [2.75, 3.05) is 20.6 Å². The Morgan fingerprint density at radius 3 is 2.18 bits per heavy atom. The molecule has 1 atom stereocenters. The molecule has 6 heteroatoms. The molecule has 0 saturated carbocycles. The molecule has 0 rings (SSSR count). The van der Waals surface area contributed by atoms with Crippen LogP contribution in [-0.4, -0.2) is 48.4 Å². The number of nitrogens with zero attached hydrogens (tertiary/aromatic N) is 1. The van der Waals surface area contributed by atoms with Crippen LogP contribution in [0.25, 0.3) is 0 Å². The van der Waals surface area contributed by atoms with Crippen molar-refractivity contribution in [2.45, 2.75) is 20.8 Å². The molecule has 0 heterocycles. The predicted molar refractivity (Wildman–Crippen MR) is 62.3 cm³/mol. The standard InChI is InChI=1S/C11H20N2O4/c1-7(8(14)12-4)6-13(5)9(15)11(2,3)10(16)17/h7H,6H2,1-5H3,(H,12,14)(H,16,17). The summed E-state index contributed by atoms with van der Waals surface area (Å²) in [6.45, 7) is 4.56. The van der Waals surface area contributed by atoms with Gasteiger partial charge in [0, 0.05) is 20.6 Å². The second kappa shape index (κ2) is 5.65. The van der Waals surface area contributed by atoms with Gasteiger partial charge >= 0.3 is 5.97 Å². The molecule has 0 aromatic rings. The number of rotatable bonds is 5. The fourth-order valence-electron chi connectivity index (χ4n) is 1.39. The Morgan fingerprint density at radius 1 is 1.35 bits per heavy atom. The molecule has 98 valence electrons. The molecule has 6 nitrogen and oxygen atoms in total. The highest BCUT2D eigenvalue weighted by atomic mass is 16.4. The molecule has 0 spiro atoms. The first-order chi connectivity index (χ1) is 7.64. The zero-order valence-electron chi connectivity index (χ0n) is 10.9. The van der Waals surface area contributed by atoms with E-state index < -0.39 is 17.3 Å². The molecule has 0 aromatic carbocycles. The summed E-state index contributed by atoms with van der Waals surface area (Å²) in [6, 6.07) is 0. The topological polar surface area (TPSA) is 86.7 Å². The molecule has 0 bridgehead atoms. The first-order valence-corrected chi connectivity index (χ1v) is 5.35. The summed E-state index contributed by atoms with van der Waals surface area (Å²) < 4.78 is 0. The van der Waals surface area contributed by atoms with Gasteiger partial charge in [-0.3, -0.25) is 14.4 Å². The summed E-state index contributed by atoms with van der Waals surface area (Å²) >= 11 is 0. The van der Waals surface area contributed by atoms with E-state index in [1.165, 1.54) is 32.8 Å². The van der Waals surface area contributed by atoms with Crippen LogP contribution >= 0.6 is 0 Å². The molecule has 0 saturated heterocycles. The van der Waals surface area contributed by atoms with Crippen LogP contribution in [-0.2, 0) is 14.4 Å². The van der Waals surface area contributed by atoms with Gasteiger partial charge in [-0.2, -0.15) is 0 Å². The van der Waals surface area contributed by atoms with Crippen molar-refractivity contribution in [1.29, 1.82) is 0 Å². The monoisotopic (exact) mass is 244 g/mol. The van der Waals surface area contributed by atoms with Crippen LogP contribution in [0.15, 0.2) is 0 Å². The van der Waals surface area contributed by atoms with Crippen molar-refractivity contribution in [3.05, 3.63) is 0 Å². The van der Waals surface area contributed by atoms with Crippen LogP contribution < -0.4 is 5.32 Å². The second-order valence-corrected chi connectivity index (χ2v) is 4.63. The highest BCUT2D eigenvalue weighted by Gasteiger charge is 2.38. The minimum absolute atomic E-state index is 0.183. The van der Waals surface area contributed by atoms with Crippen molar-refractivity contribution < 1.29 is 19.5 Å². The number of nitrogens with one attached hydrogen (secondary N) is 1. The van der Waals surface area contributed by atoms with Gasteiger partial charge in [0.05, 0.1) is 5.92 Å². The summed E-state index contributed by atoms with van der Waals surface area (Å²) in [5, 5.41) is 11.4. The number of aliphatic carboxylic acids is 1. The van der Waals surface area contributed by atoms with Crippen molar-refractivity contribution in [3.63, 3.8) is 0 Å². The van der Waals surface area contributed by atoms with Crippen LogP contribution in [0.5, 0.6) is 0 Å². The van der Waals surface area contributed by atoms with Gasteiger partial charge in [0.2, 0.25) is 11.8 Å². The number of carbonyl (C=O) groups is 3. The van der Waals surface area contributed by atoms with E-state index in [0.29, 0.717) is 0 Å². The summed E-state index contributed by atoms with van der Waals surface area (Å²) in [4.78, 5) is 35.3. The zero-order chi connectivity index (χ0) is 13.8. The van der Waals surface area contributed by atoms with Gasteiger partial charge in [0.1, 0.15) is 5.41 Å². The SMILES string of the molecule is CNC(=O)C(C)CN(C)C(=O)C(C)(C)C(=O)O. The molecular weight excluding hydrogens is 224 g/mol. The molecule has 0 fully saturated rings. The number of amides is 2. The Bertz CT molecular complexity index is 325. The van der Waals surface area contributed by atoms with E-state index in [1.807, 2.05) is 0 Å². The van der Waals surface area contributed by atoms with Crippen molar-refractivity contribution in [1.82, 2.24) is 10.2 Å². The van der Waals surface area contributed by atoms with Gasteiger partial charge in [0.15, 0.2) is 0 Å². The summed E-state index contributed by atoms with van der Waals surface area (Å²) in [6.07, 6.45) is 0. The Balaban J connectivity index is 4.63. The van der Waals surface area contributed by atoms with E-state index in [9.17, 15) is 14.4 Å². The van der Waals surface area contributed by atoms with E-state index in [1.54, 1.807) is 6.92 Å². The molecule has 0 aromatic heterocycles. The van der Waals surface area contributed by atoms with E-state index in [-0.39, 0.29) is 18.4 Å². The van der Waals surface area contributed by atoms with Crippen molar-refractivity contribution in [2.24, 2.45) is 11.3 Å². The number of hydrogen-bond donors (Lipinski definition) is 2. The van der Waals surface area contributed by atoms with Crippen molar-refractivity contribution in [3.8, 4) is 0 Å². The predicted octanol–water partition coefficient (Wildman–Crippen LogP) is -0.0623. The third kappa shape index (κ3) is 3.72. The highest BCUT2D eigenvalue weighted by molar-refractivity contribution is 6.01. The van der Waals surface area contributed by atoms with E-state index >= 15 is 0 Å². The molecular formula is C11H20N2O4. The zero-order valence-corrected chi connectivity index (χ0v) is 10.9. The maximum absolute atomic E-state index is 11.9. The maximum atomic E-state index is 11.9. The second-order valence-electron chi connectivity index (χ2n) is 4.63. The summed E-state index contributed by atoms with van der Waals surface area (Å²) in [7, 11) is 3.01. The Hall–Kier alpha value is -1.59. The smallest absolute Gasteiger partial charge is 0.318 e. The quantitative estimate of drug-likeness (QED) is 0.663. The van der Waals surface area contributed by atoms with Gasteiger partial charge in [0.25, 0.3) is 0 Å². The Morgan fingerprint density at radius 2 is 1.82 bits per heavy atom. The fraction of sp³-hybridized carbons (Fsp3) is 0.727. The van der Waals surface area contributed by atoms with Crippen LogP contribution in [0, 0.1) is 11.3 Å². The van der Waals surface area contributed by atoms with Crippen LogP contribution in [0.4, 0.5) is 0 Å². The minimum Gasteiger partial charge on any atom is -0.480 e. The van der Waals surface area contributed by atoms with E-state index in [2.05, 4.69) is 5.32 Å². The van der Waals surface area contributed by atoms with Gasteiger partial charge in [-0.15, -0.1) is 0 Å². The minimum atomic E-state index is -1.48. The first-order valence-electron chi connectivity index (χ1n) is 5.35. The average molecular weight is 244 g/mol.